The molecule has 6 nitrogen and oxygen atoms in total. The molecule has 0 aromatic carbocycles. The molecule has 120 valence electrons. The predicted octanol–water partition coefficient (Wildman–Crippen LogP) is 0.184. The zero-order chi connectivity index (χ0) is 15.6. The molecule has 3 unspecified atom stereocenters. The number of amides is 2. The Morgan fingerprint density at radius 3 is 2.57 bits per heavy atom. The van der Waals surface area contributed by atoms with Crippen molar-refractivity contribution in [3.63, 3.8) is 0 Å². The molecule has 21 heavy (non-hydrogen) atoms. The maximum absolute atomic E-state index is 12.1. The van der Waals surface area contributed by atoms with Gasteiger partial charge in [-0.1, -0.05) is 13.3 Å². The minimum Gasteiger partial charge on any atom is -0.352 e. The summed E-state index contributed by atoms with van der Waals surface area (Å²) < 4.78 is 22.7. The lowest BCUT2D eigenvalue weighted by molar-refractivity contribution is -0.133. The van der Waals surface area contributed by atoms with Crippen molar-refractivity contribution in [2.24, 2.45) is 11.8 Å². The van der Waals surface area contributed by atoms with Gasteiger partial charge in [0.05, 0.1) is 23.3 Å². The normalized spacial score (nSPS) is 29.9. The number of sulfone groups is 1. The molecule has 7 heteroatoms. The zero-order valence-corrected chi connectivity index (χ0v) is 13.5. The molecular weight excluding hydrogens is 292 g/mol. The second-order valence-corrected chi connectivity index (χ2v) is 8.40. The standard InChI is InChI=1S/C14H24N2O4S/c1-3-4-6-16(2)14(18)12-8-11(12)13(17)15-10-5-7-21(19,20)9-10/h10-12H,3-9H2,1-2H3,(H,15,17). The van der Waals surface area contributed by atoms with Crippen LogP contribution in [0.1, 0.15) is 32.6 Å². The lowest BCUT2D eigenvalue weighted by Crippen LogP contribution is -2.38. The average Bonchev–Trinajstić information content (AvgIpc) is 3.15. The average molecular weight is 316 g/mol. The van der Waals surface area contributed by atoms with Crippen molar-refractivity contribution in [3.05, 3.63) is 0 Å². The number of carbonyl (C=O) groups is 2. The summed E-state index contributed by atoms with van der Waals surface area (Å²) >= 11 is 0. The molecule has 3 atom stereocenters. The number of unbranched alkanes of at least 4 members (excludes halogenated alkanes) is 1. The lowest BCUT2D eigenvalue weighted by atomic mass is 10.2. The number of carbonyl (C=O) groups excluding carboxylic acids is 2. The maximum Gasteiger partial charge on any atom is 0.226 e. The molecule has 1 heterocycles. The van der Waals surface area contributed by atoms with Gasteiger partial charge in [0.1, 0.15) is 0 Å². The van der Waals surface area contributed by atoms with Crippen LogP contribution in [0.5, 0.6) is 0 Å². The molecule has 0 bridgehead atoms. The van der Waals surface area contributed by atoms with Gasteiger partial charge in [-0.15, -0.1) is 0 Å². The summed E-state index contributed by atoms with van der Waals surface area (Å²) in [4.78, 5) is 25.9. The van der Waals surface area contributed by atoms with Crippen LogP contribution in [-0.2, 0) is 19.4 Å². The third-order valence-electron chi connectivity index (χ3n) is 4.25. The van der Waals surface area contributed by atoms with Gasteiger partial charge in [-0.05, 0) is 19.3 Å². The molecule has 1 aliphatic carbocycles. The van der Waals surface area contributed by atoms with E-state index in [1.54, 1.807) is 11.9 Å². The fourth-order valence-corrected chi connectivity index (χ4v) is 4.44. The summed E-state index contributed by atoms with van der Waals surface area (Å²) in [6.07, 6.45) is 3.06. The third-order valence-corrected chi connectivity index (χ3v) is 6.01. The maximum atomic E-state index is 12.1. The van der Waals surface area contributed by atoms with Crippen molar-refractivity contribution in [1.82, 2.24) is 10.2 Å². The van der Waals surface area contributed by atoms with Crippen LogP contribution in [-0.4, -0.2) is 56.3 Å². The van der Waals surface area contributed by atoms with Crippen LogP contribution in [0.25, 0.3) is 0 Å². The number of hydrogen-bond donors (Lipinski definition) is 1. The van der Waals surface area contributed by atoms with Crippen LogP contribution in [0.15, 0.2) is 0 Å². The highest BCUT2D eigenvalue weighted by atomic mass is 32.2. The van der Waals surface area contributed by atoms with Gasteiger partial charge in [0.15, 0.2) is 9.84 Å². The minimum absolute atomic E-state index is 0.0282. The number of hydrogen-bond acceptors (Lipinski definition) is 4. The van der Waals surface area contributed by atoms with Gasteiger partial charge in [0.2, 0.25) is 11.8 Å². The molecule has 2 amide bonds. The van der Waals surface area contributed by atoms with Crippen molar-refractivity contribution < 1.29 is 18.0 Å². The first-order valence-electron chi connectivity index (χ1n) is 7.60. The van der Waals surface area contributed by atoms with E-state index in [0.29, 0.717) is 12.8 Å². The van der Waals surface area contributed by atoms with Crippen molar-refractivity contribution >= 4 is 21.7 Å². The Morgan fingerprint density at radius 1 is 1.29 bits per heavy atom. The zero-order valence-electron chi connectivity index (χ0n) is 12.7. The SMILES string of the molecule is CCCCN(C)C(=O)C1CC1C(=O)NC1CCS(=O)(=O)C1. The molecule has 2 aliphatic rings. The second-order valence-electron chi connectivity index (χ2n) is 6.17. The summed E-state index contributed by atoms with van der Waals surface area (Å²) in [7, 11) is -1.22. The fourth-order valence-electron chi connectivity index (χ4n) is 2.76. The van der Waals surface area contributed by atoms with Crippen LogP contribution in [0.4, 0.5) is 0 Å². The summed E-state index contributed by atoms with van der Waals surface area (Å²) in [5, 5.41) is 2.77. The van der Waals surface area contributed by atoms with E-state index >= 15 is 0 Å². The van der Waals surface area contributed by atoms with Gasteiger partial charge in [0.25, 0.3) is 0 Å². The highest BCUT2D eigenvalue weighted by Crippen LogP contribution is 2.40. The molecule has 1 aliphatic heterocycles. The Hall–Kier alpha value is -1.11. The number of nitrogens with one attached hydrogen (secondary N) is 1. The van der Waals surface area contributed by atoms with Gasteiger partial charge in [0, 0.05) is 19.6 Å². The van der Waals surface area contributed by atoms with Gasteiger partial charge in [-0.25, -0.2) is 8.42 Å². The van der Waals surface area contributed by atoms with Crippen LogP contribution in [0.3, 0.4) is 0 Å². The van der Waals surface area contributed by atoms with E-state index in [9.17, 15) is 18.0 Å². The van der Waals surface area contributed by atoms with Crippen molar-refractivity contribution in [2.75, 3.05) is 25.1 Å². The smallest absolute Gasteiger partial charge is 0.226 e. The Bertz CT molecular complexity index is 517. The van der Waals surface area contributed by atoms with Gasteiger partial charge < -0.3 is 10.2 Å². The summed E-state index contributed by atoms with van der Waals surface area (Å²) in [6.45, 7) is 2.79. The fraction of sp³-hybridized carbons (Fsp3) is 0.857. The monoisotopic (exact) mass is 316 g/mol. The van der Waals surface area contributed by atoms with Crippen LogP contribution >= 0.6 is 0 Å². The highest BCUT2D eigenvalue weighted by molar-refractivity contribution is 7.91. The third kappa shape index (κ3) is 4.18. The van der Waals surface area contributed by atoms with E-state index in [-0.39, 0.29) is 41.2 Å². The van der Waals surface area contributed by atoms with Crippen LogP contribution < -0.4 is 5.32 Å². The van der Waals surface area contributed by atoms with E-state index in [1.807, 2.05) is 0 Å². The molecule has 1 saturated carbocycles. The Balaban J connectivity index is 1.77. The molecular formula is C14H24N2O4S. The molecule has 0 radical (unpaired) electrons. The quantitative estimate of drug-likeness (QED) is 0.758. The first-order chi connectivity index (χ1) is 9.84. The van der Waals surface area contributed by atoms with E-state index in [4.69, 9.17) is 0 Å². The molecule has 2 fully saturated rings. The van der Waals surface area contributed by atoms with Gasteiger partial charge in [-0.2, -0.15) is 0 Å². The Morgan fingerprint density at radius 2 is 2.00 bits per heavy atom. The molecule has 1 N–H and O–H groups in total. The van der Waals surface area contributed by atoms with Crippen molar-refractivity contribution in [1.29, 1.82) is 0 Å². The van der Waals surface area contributed by atoms with Gasteiger partial charge >= 0.3 is 0 Å². The largest absolute Gasteiger partial charge is 0.352 e. The van der Waals surface area contributed by atoms with E-state index in [0.717, 1.165) is 19.4 Å². The Kier molecular flexibility index (Phi) is 4.91. The number of rotatable bonds is 6. The predicted molar refractivity (Wildman–Crippen MR) is 79.3 cm³/mol. The van der Waals surface area contributed by atoms with Gasteiger partial charge in [-0.3, -0.25) is 9.59 Å². The van der Waals surface area contributed by atoms with Crippen molar-refractivity contribution in [3.8, 4) is 0 Å². The van der Waals surface area contributed by atoms with E-state index in [1.165, 1.54) is 0 Å². The molecule has 2 rings (SSSR count). The molecule has 0 aromatic rings. The molecule has 0 spiro atoms. The summed E-state index contributed by atoms with van der Waals surface area (Å²) in [5.41, 5.74) is 0. The number of nitrogens with zero attached hydrogens (tertiary/aromatic N) is 1. The van der Waals surface area contributed by atoms with Crippen LogP contribution in [0.2, 0.25) is 0 Å². The van der Waals surface area contributed by atoms with E-state index in [2.05, 4.69) is 12.2 Å². The summed E-state index contributed by atoms with van der Waals surface area (Å²) in [5.74, 6) is -0.456. The topological polar surface area (TPSA) is 83.6 Å². The second kappa shape index (κ2) is 6.34. The molecule has 0 aromatic heterocycles. The van der Waals surface area contributed by atoms with Crippen molar-refractivity contribution in [2.45, 2.75) is 38.6 Å². The van der Waals surface area contributed by atoms with E-state index < -0.39 is 9.84 Å². The first-order valence-corrected chi connectivity index (χ1v) is 9.42. The van der Waals surface area contributed by atoms with Crippen LogP contribution in [0, 0.1) is 11.8 Å². The minimum atomic E-state index is -2.99. The highest BCUT2D eigenvalue weighted by Gasteiger charge is 2.49. The Labute approximate surface area is 126 Å². The molecule has 1 saturated heterocycles. The summed E-state index contributed by atoms with van der Waals surface area (Å²) in [6, 6.07) is -0.281. The first kappa shape index (κ1) is 16.3. The lowest BCUT2D eigenvalue weighted by Gasteiger charge is -2.17.